The van der Waals surface area contributed by atoms with Crippen molar-refractivity contribution in [3.63, 3.8) is 0 Å². The summed E-state index contributed by atoms with van der Waals surface area (Å²) >= 11 is 0. The van der Waals surface area contributed by atoms with E-state index in [0.717, 1.165) is 33.9 Å². The zero-order valence-corrected chi connectivity index (χ0v) is 27.1. The normalized spacial score (nSPS) is 11.0. The lowest BCUT2D eigenvalue weighted by molar-refractivity contribution is 0.0692. The number of hydrogen-bond donors (Lipinski definition) is 4. The van der Waals surface area contributed by atoms with E-state index in [1.807, 2.05) is 49.4 Å². The lowest BCUT2D eigenvalue weighted by Gasteiger charge is -2.13. The fraction of sp³-hybridized carbons (Fsp3) is 0.135. The first kappa shape index (κ1) is 33.6. The second kappa shape index (κ2) is 14.7. The fourth-order valence-electron chi connectivity index (χ4n) is 5.07. The molecule has 0 aliphatic rings. The molecule has 0 heterocycles. The number of phenolic OH excluding ortho intramolecular Hbond substituents is 1. The number of benzene rings is 5. The Morgan fingerprint density at radius 2 is 1.54 bits per heavy atom. The van der Waals surface area contributed by atoms with E-state index < -0.39 is 16.0 Å². The van der Waals surface area contributed by atoms with Gasteiger partial charge in [0.2, 0.25) is 0 Å². The van der Waals surface area contributed by atoms with E-state index in [9.17, 15) is 28.2 Å². The summed E-state index contributed by atoms with van der Waals surface area (Å²) in [6.07, 6.45) is 0.502. The highest BCUT2D eigenvalue weighted by Gasteiger charge is 2.20. The molecule has 4 N–H and O–H groups in total. The molecule has 5 rings (SSSR count). The standard InChI is InChI=1S/C37H34N2O8S/c1-24-19-26(23-38-36(41)29-7-4-6-28(21-29)27-10-12-31(40)13-11-27)9-15-34(24)47-18-17-25-5-3-8-30(20-25)39-48(44,45)32-14-16-35(46-2)33(22-32)37(42)43/h3-16,19-22,39-40H,17-18,23H2,1-2H3,(H,38,41)(H,42,43). The summed E-state index contributed by atoms with van der Waals surface area (Å²) in [6, 6.07) is 30.3. The topological polar surface area (TPSA) is 151 Å². The van der Waals surface area contributed by atoms with Crippen LogP contribution in [-0.4, -0.2) is 44.2 Å². The van der Waals surface area contributed by atoms with Gasteiger partial charge in [-0.3, -0.25) is 9.52 Å². The Bertz CT molecular complexity index is 2060. The number of amides is 1. The Kier molecular flexibility index (Phi) is 10.3. The minimum absolute atomic E-state index is 0.0603. The van der Waals surface area contributed by atoms with Gasteiger partial charge in [-0.05, 0) is 95.4 Å². The minimum atomic E-state index is -4.06. The number of carboxylic acids is 1. The number of sulfonamides is 1. The summed E-state index contributed by atoms with van der Waals surface area (Å²) in [6.45, 7) is 2.59. The second-order valence-electron chi connectivity index (χ2n) is 11.0. The van der Waals surface area contributed by atoms with Crippen LogP contribution in [0.15, 0.2) is 114 Å². The number of ether oxygens (including phenoxy) is 2. The lowest BCUT2D eigenvalue weighted by atomic mass is 10.0. The molecule has 11 heteroatoms. The molecule has 0 aromatic heterocycles. The van der Waals surface area contributed by atoms with Gasteiger partial charge in [-0.15, -0.1) is 0 Å². The largest absolute Gasteiger partial charge is 0.508 e. The van der Waals surface area contributed by atoms with Crippen molar-refractivity contribution >= 4 is 27.6 Å². The molecule has 0 unspecified atom stereocenters. The maximum atomic E-state index is 13.0. The number of methoxy groups -OCH3 is 1. The van der Waals surface area contributed by atoms with Crippen LogP contribution in [0.3, 0.4) is 0 Å². The predicted octanol–water partition coefficient (Wildman–Crippen LogP) is 6.43. The Morgan fingerprint density at radius 1 is 0.792 bits per heavy atom. The van der Waals surface area contributed by atoms with E-state index in [4.69, 9.17) is 9.47 Å². The molecule has 0 saturated heterocycles. The van der Waals surface area contributed by atoms with Crippen LogP contribution in [0.25, 0.3) is 11.1 Å². The average Bonchev–Trinajstić information content (AvgIpc) is 3.08. The van der Waals surface area contributed by atoms with E-state index in [0.29, 0.717) is 36.6 Å². The van der Waals surface area contributed by atoms with Gasteiger partial charge >= 0.3 is 5.97 Å². The maximum Gasteiger partial charge on any atom is 0.339 e. The Labute approximate surface area is 278 Å². The number of carbonyl (C=O) groups excluding carboxylic acids is 1. The molecule has 5 aromatic rings. The molecule has 10 nitrogen and oxygen atoms in total. The van der Waals surface area contributed by atoms with Crippen molar-refractivity contribution in [1.82, 2.24) is 5.32 Å². The number of hydrogen-bond acceptors (Lipinski definition) is 7. The monoisotopic (exact) mass is 666 g/mol. The van der Waals surface area contributed by atoms with Gasteiger partial charge in [0.1, 0.15) is 22.8 Å². The summed E-state index contributed by atoms with van der Waals surface area (Å²) in [5, 5.41) is 21.9. The number of aryl methyl sites for hydroxylation is 1. The van der Waals surface area contributed by atoms with Crippen molar-refractivity contribution in [2.75, 3.05) is 18.4 Å². The number of aromatic carboxylic acids is 1. The molecule has 0 aliphatic carbocycles. The molecule has 1 amide bonds. The molecule has 0 bridgehead atoms. The summed E-state index contributed by atoms with van der Waals surface area (Å²) in [5.41, 5.74) is 5.02. The first-order valence-electron chi connectivity index (χ1n) is 15.0. The molecular weight excluding hydrogens is 632 g/mol. The van der Waals surface area contributed by atoms with Crippen LogP contribution >= 0.6 is 0 Å². The molecule has 48 heavy (non-hydrogen) atoms. The van der Waals surface area contributed by atoms with Crippen LogP contribution in [0.4, 0.5) is 5.69 Å². The predicted molar refractivity (Wildman–Crippen MR) is 182 cm³/mol. The van der Waals surface area contributed by atoms with Crippen molar-refractivity contribution < 1.29 is 37.7 Å². The molecule has 0 spiro atoms. The van der Waals surface area contributed by atoms with Gasteiger partial charge in [-0.2, -0.15) is 0 Å². The maximum absolute atomic E-state index is 13.0. The van der Waals surface area contributed by atoms with Crippen molar-refractivity contribution in [2.45, 2.75) is 24.8 Å². The van der Waals surface area contributed by atoms with Gasteiger partial charge in [-0.1, -0.05) is 48.5 Å². The highest BCUT2D eigenvalue weighted by molar-refractivity contribution is 7.92. The van der Waals surface area contributed by atoms with Crippen molar-refractivity contribution in [1.29, 1.82) is 0 Å². The van der Waals surface area contributed by atoms with Crippen LogP contribution in [0.2, 0.25) is 0 Å². The van der Waals surface area contributed by atoms with Crippen LogP contribution in [0, 0.1) is 6.92 Å². The van der Waals surface area contributed by atoms with Gasteiger partial charge in [0, 0.05) is 24.2 Å². The van der Waals surface area contributed by atoms with E-state index in [1.165, 1.54) is 19.2 Å². The molecule has 0 aliphatic heterocycles. The van der Waals surface area contributed by atoms with E-state index >= 15 is 0 Å². The number of phenols is 1. The number of rotatable bonds is 13. The first-order chi connectivity index (χ1) is 23.0. The summed E-state index contributed by atoms with van der Waals surface area (Å²) in [4.78, 5) is 24.2. The third-order valence-corrected chi connectivity index (χ3v) is 8.94. The van der Waals surface area contributed by atoms with E-state index in [2.05, 4.69) is 10.0 Å². The summed E-state index contributed by atoms with van der Waals surface area (Å²) < 4.78 is 39.5. The molecule has 0 saturated carbocycles. The zero-order valence-electron chi connectivity index (χ0n) is 26.3. The summed E-state index contributed by atoms with van der Waals surface area (Å²) in [7, 11) is -2.75. The lowest BCUT2D eigenvalue weighted by Crippen LogP contribution is -2.22. The van der Waals surface area contributed by atoms with Gasteiger partial charge in [0.15, 0.2) is 0 Å². The average molecular weight is 667 g/mol. The SMILES string of the molecule is COc1ccc(S(=O)(=O)Nc2cccc(CCOc3ccc(CNC(=O)c4cccc(-c5ccc(O)cc5)c4)cc3C)c2)cc1C(=O)O. The quantitative estimate of drug-likeness (QED) is 0.112. The number of anilines is 1. The fourth-order valence-corrected chi connectivity index (χ4v) is 6.14. The van der Waals surface area contributed by atoms with Gasteiger partial charge in [0.05, 0.1) is 18.6 Å². The Morgan fingerprint density at radius 3 is 2.27 bits per heavy atom. The Balaban J connectivity index is 1.14. The van der Waals surface area contributed by atoms with Crippen molar-refractivity contribution in [3.05, 3.63) is 137 Å². The first-order valence-corrected chi connectivity index (χ1v) is 16.4. The van der Waals surface area contributed by atoms with E-state index in [1.54, 1.807) is 48.5 Å². The third-order valence-electron chi connectivity index (χ3n) is 7.56. The zero-order chi connectivity index (χ0) is 34.3. The third kappa shape index (κ3) is 8.31. The molecular formula is C37H34N2O8S. The van der Waals surface area contributed by atoms with Crippen LogP contribution in [0.5, 0.6) is 17.2 Å². The summed E-state index contributed by atoms with van der Waals surface area (Å²) in [5.74, 6) is -0.568. The van der Waals surface area contributed by atoms with Crippen LogP contribution in [-0.2, 0) is 23.0 Å². The Hall–Kier alpha value is -5.81. The highest BCUT2D eigenvalue weighted by atomic mass is 32.2. The molecule has 0 fully saturated rings. The molecule has 246 valence electrons. The number of nitrogens with one attached hydrogen (secondary N) is 2. The second-order valence-corrected chi connectivity index (χ2v) is 12.7. The molecule has 5 aromatic carbocycles. The number of carbonyl (C=O) groups is 2. The number of carboxylic acid groups (broad SMARTS) is 1. The molecule has 0 atom stereocenters. The van der Waals surface area contributed by atoms with Crippen molar-refractivity contribution in [2.24, 2.45) is 0 Å². The van der Waals surface area contributed by atoms with Crippen molar-refractivity contribution in [3.8, 4) is 28.4 Å². The minimum Gasteiger partial charge on any atom is -0.508 e. The smallest absolute Gasteiger partial charge is 0.339 e. The van der Waals surface area contributed by atoms with E-state index in [-0.39, 0.29) is 27.9 Å². The van der Waals surface area contributed by atoms with Gasteiger partial charge < -0.3 is 25.0 Å². The van der Waals surface area contributed by atoms with Gasteiger partial charge in [-0.25, -0.2) is 13.2 Å². The van der Waals surface area contributed by atoms with Crippen LogP contribution in [0.1, 0.15) is 37.4 Å². The molecule has 0 radical (unpaired) electrons. The van der Waals surface area contributed by atoms with Gasteiger partial charge in [0.25, 0.3) is 15.9 Å². The highest BCUT2D eigenvalue weighted by Crippen LogP contribution is 2.26. The number of aromatic hydroxyl groups is 1. The van der Waals surface area contributed by atoms with Crippen LogP contribution < -0.4 is 19.5 Å².